The Balaban J connectivity index is 2.33. The minimum absolute atomic E-state index is 0.356. The molecular weight excluding hydrogens is 253 g/mol. The highest BCUT2D eigenvalue weighted by atomic mass is 32.2. The van der Waals surface area contributed by atoms with Gasteiger partial charge in [-0.2, -0.15) is 0 Å². The lowest BCUT2D eigenvalue weighted by Gasteiger charge is -2.08. The van der Waals surface area contributed by atoms with Crippen molar-refractivity contribution < 1.29 is 12.8 Å². The van der Waals surface area contributed by atoms with Gasteiger partial charge in [-0.25, -0.2) is 12.8 Å². The summed E-state index contributed by atoms with van der Waals surface area (Å²) in [6, 6.07) is 12.1. The molecule has 0 spiro atoms. The molecule has 18 heavy (non-hydrogen) atoms. The van der Waals surface area contributed by atoms with Crippen LogP contribution in [0.5, 0.6) is 0 Å². The molecule has 1 N–H and O–H groups in total. The fraction of sp³-hybridized carbons (Fsp3) is 0.0769. The van der Waals surface area contributed by atoms with E-state index in [0.717, 1.165) is 11.6 Å². The van der Waals surface area contributed by atoms with E-state index in [2.05, 4.69) is 4.72 Å². The van der Waals surface area contributed by atoms with Crippen LogP contribution in [0, 0.1) is 12.7 Å². The Morgan fingerprint density at radius 1 is 1.00 bits per heavy atom. The SMILES string of the molecule is Cc1ccc(NS(=O)(=O)c2ccccc2F)cc1. The van der Waals surface area contributed by atoms with Crippen LogP contribution in [0.3, 0.4) is 0 Å². The van der Waals surface area contributed by atoms with Crippen molar-refractivity contribution in [1.29, 1.82) is 0 Å². The standard InChI is InChI=1S/C13H12FNO2S/c1-10-6-8-11(9-7-10)15-18(16,17)13-5-3-2-4-12(13)14/h2-9,15H,1H3. The van der Waals surface area contributed by atoms with Gasteiger partial charge >= 0.3 is 0 Å². The molecule has 0 aliphatic heterocycles. The molecule has 0 aliphatic rings. The lowest BCUT2D eigenvalue weighted by Crippen LogP contribution is -2.14. The Labute approximate surface area is 105 Å². The second-order valence-corrected chi connectivity index (χ2v) is 5.55. The second-order valence-electron chi connectivity index (χ2n) is 3.90. The highest BCUT2D eigenvalue weighted by Crippen LogP contribution is 2.18. The van der Waals surface area contributed by atoms with Gasteiger partial charge in [0.1, 0.15) is 10.7 Å². The fourth-order valence-electron chi connectivity index (χ4n) is 1.49. The van der Waals surface area contributed by atoms with Crippen LogP contribution in [-0.4, -0.2) is 8.42 Å². The van der Waals surface area contributed by atoms with Gasteiger partial charge in [0.2, 0.25) is 0 Å². The Morgan fingerprint density at radius 3 is 2.22 bits per heavy atom. The molecule has 0 aliphatic carbocycles. The molecular formula is C13H12FNO2S. The van der Waals surface area contributed by atoms with Crippen molar-refractivity contribution in [3.05, 3.63) is 59.9 Å². The van der Waals surface area contributed by atoms with Gasteiger partial charge in [0.25, 0.3) is 10.0 Å². The number of halogens is 1. The van der Waals surface area contributed by atoms with Crippen LogP contribution in [0.1, 0.15) is 5.56 Å². The van der Waals surface area contributed by atoms with Crippen molar-refractivity contribution in [3.63, 3.8) is 0 Å². The number of benzene rings is 2. The largest absolute Gasteiger partial charge is 0.280 e. The van der Waals surface area contributed by atoms with E-state index in [1.165, 1.54) is 18.2 Å². The molecule has 2 aromatic carbocycles. The Morgan fingerprint density at radius 2 is 1.61 bits per heavy atom. The van der Waals surface area contributed by atoms with Crippen LogP contribution in [-0.2, 0) is 10.0 Å². The average Bonchev–Trinajstić information content (AvgIpc) is 2.32. The predicted molar refractivity (Wildman–Crippen MR) is 68.4 cm³/mol. The van der Waals surface area contributed by atoms with E-state index >= 15 is 0 Å². The zero-order valence-corrected chi connectivity index (χ0v) is 10.5. The summed E-state index contributed by atoms with van der Waals surface area (Å²) in [4.78, 5) is -0.356. The van der Waals surface area contributed by atoms with Gasteiger partial charge in [0.15, 0.2) is 0 Å². The first-order chi connectivity index (χ1) is 8.49. The van der Waals surface area contributed by atoms with E-state index in [9.17, 15) is 12.8 Å². The summed E-state index contributed by atoms with van der Waals surface area (Å²) in [6.07, 6.45) is 0. The molecule has 5 heteroatoms. The van der Waals surface area contributed by atoms with E-state index in [-0.39, 0.29) is 4.90 Å². The fourth-order valence-corrected chi connectivity index (χ4v) is 2.63. The molecule has 0 atom stereocenters. The van der Waals surface area contributed by atoms with Crippen molar-refractivity contribution in [2.75, 3.05) is 4.72 Å². The number of hydrogen-bond acceptors (Lipinski definition) is 2. The quantitative estimate of drug-likeness (QED) is 0.927. The first kappa shape index (κ1) is 12.6. The molecule has 0 saturated carbocycles. The lowest BCUT2D eigenvalue weighted by molar-refractivity contribution is 0.570. The van der Waals surface area contributed by atoms with E-state index in [1.54, 1.807) is 24.3 Å². The summed E-state index contributed by atoms with van der Waals surface area (Å²) in [7, 11) is -3.88. The van der Waals surface area contributed by atoms with Crippen molar-refractivity contribution in [2.24, 2.45) is 0 Å². The van der Waals surface area contributed by atoms with Crippen molar-refractivity contribution in [2.45, 2.75) is 11.8 Å². The molecule has 2 rings (SSSR count). The molecule has 0 aromatic heterocycles. The normalized spacial score (nSPS) is 11.2. The van der Waals surface area contributed by atoms with Crippen LogP contribution >= 0.6 is 0 Å². The maximum absolute atomic E-state index is 13.4. The van der Waals surface area contributed by atoms with Crippen LogP contribution in [0.25, 0.3) is 0 Å². The Kier molecular flexibility index (Phi) is 3.34. The minimum Gasteiger partial charge on any atom is -0.280 e. The summed E-state index contributed by atoms with van der Waals surface area (Å²) >= 11 is 0. The molecule has 0 unspecified atom stereocenters. The molecule has 0 fully saturated rings. The number of nitrogens with one attached hydrogen (secondary N) is 1. The van der Waals surface area contributed by atoms with Gasteiger partial charge in [-0.15, -0.1) is 0 Å². The Bertz CT molecular complexity index is 651. The number of aryl methyl sites for hydroxylation is 1. The highest BCUT2D eigenvalue weighted by molar-refractivity contribution is 7.92. The summed E-state index contributed by atoms with van der Waals surface area (Å²) in [5.41, 5.74) is 1.42. The first-order valence-electron chi connectivity index (χ1n) is 5.33. The first-order valence-corrected chi connectivity index (χ1v) is 6.81. The molecule has 2 aromatic rings. The summed E-state index contributed by atoms with van der Waals surface area (Å²) < 4.78 is 39.7. The van der Waals surface area contributed by atoms with Gasteiger partial charge in [0, 0.05) is 5.69 Å². The molecule has 0 radical (unpaired) electrons. The van der Waals surface area contributed by atoms with E-state index in [0.29, 0.717) is 5.69 Å². The molecule has 3 nitrogen and oxygen atoms in total. The zero-order valence-electron chi connectivity index (χ0n) is 9.72. The number of rotatable bonds is 3. The van der Waals surface area contributed by atoms with Crippen LogP contribution in [0.15, 0.2) is 53.4 Å². The maximum Gasteiger partial charge on any atom is 0.264 e. The molecule has 0 saturated heterocycles. The maximum atomic E-state index is 13.4. The van der Waals surface area contributed by atoms with Crippen molar-refractivity contribution in [3.8, 4) is 0 Å². The third kappa shape index (κ3) is 2.68. The molecule has 0 bridgehead atoms. The van der Waals surface area contributed by atoms with Gasteiger partial charge < -0.3 is 0 Å². The number of sulfonamides is 1. The third-order valence-electron chi connectivity index (χ3n) is 2.43. The van der Waals surface area contributed by atoms with Crippen LogP contribution in [0.4, 0.5) is 10.1 Å². The van der Waals surface area contributed by atoms with Gasteiger partial charge in [-0.1, -0.05) is 29.8 Å². The summed E-state index contributed by atoms with van der Waals surface area (Å²) in [5.74, 6) is -0.767. The lowest BCUT2D eigenvalue weighted by atomic mass is 10.2. The van der Waals surface area contributed by atoms with Crippen molar-refractivity contribution in [1.82, 2.24) is 0 Å². The number of anilines is 1. The van der Waals surface area contributed by atoms with Crippen molar-refractivity contribution >= 4 is 15.7 Å². The summed E-state index contributed by atoms with van der Waals surface area (Å²) in [5, 5.41) is 0. The van der Waals surface area contributed by atoms with Gasteiger partial charge in [-0.05, 0) is 31.2 Å². The van der Waals surface area contributed by atoms with Crippen LogP contribution in [0.2, 0.25) is 0 Å². The van der Waals surface area contributed by atoms with Gasteiger partial charge in [-0.3, -0.25) is 4.72 Å². The van der Waals surface area contributed by atoms with Crippen LogP contribution < -0.4 is 4.72 Å². The highest BCUT2D eigenvalue weighted by Gasteiger charge is 2.18. The number of hydrogen-bond donors (Lipinski definition) is 1. The third-order valence-corrected chi connectivity index (χ3v) is 3.84. The average molecular weight is 265 g/mol. The van der Waals surface area contributed by atoms with E-state index in [1.807, 2.05) is 6.92 Å². The smallest absolute Gasteiger partial charge is 0.264 e. The van der Waals surface area contributed by atoms with Gasteiger partial charge in [0.05, 0.1) is 0 Å². The summed E-state index contributed by atoms with van der Waals surface area (Å²) in [6.45, 7) is 1.90. The predicted octanol–water partition coefficient (Wildman–Crippen LogP) is 2.93. The Hall–Kier alpha value is -1.88. The second kappa shape index (κ2) is 4.78. The van der Waals surface area contributed by atoms with E-state index in [4.69, 9.17) is 0 Å². The molecule has 0 heterocycles. The molecule has 94 valence electrons. The topological polar surface area (TPSA) is 46.2 Å². The zero-order chi connectivity index (χ0) is 13.2. The minimum atomic E-state index is -3.88. The molecule has 0 amide bonds. The van der Waals surface area contributed by atoms with E-state index < -0.39 is 15.8 Å². The monoisotopic (exact) mass is 265 g/mol.